The van der Waals surface area contributed by atoms with Crippen LogP contribution < -0.4 is 23.7 Å². The summed E-state index contributed by atoms with van der Waals surface area (Å²) < 4.78 is 33.5. The number of aromatic nitrogens is 1. The Kier molecular flexibility index (Phi) is 5.25. The molecule has 2 aliphatic heterocycles. The minimum Gasteiger partial charge on any atom is -0.493 e. The second-order valence-corrected chi connectivity index (χ2v) is 8.49. The summed E-state index contributed by atoms with van der Waals surface area (Å²) in [6.45, 7) is 0.393. The Labute approximate surface area is 206 Å². The Balaban J connectivity index is 1.47. The molecule has 36 heavy (non-hydrogen) atoms. The molecule has 1 aliphatic carbocycles. The van der Waals surface area contributed by atoms with E-state index in [-0.39, 0.29) is 42.2 Å². The molecule has 0 fully saturated rings. The number of carbonyl (C=O) groups excluding carboxylic acids is 2. The second-order valence-electron chi connectivity index (χ2n) is 8.49. The maximum atomic E-state index is 12.8. The zero-order valence-corrected chi connectivity index (χ0v) is 19.5. The van der Waals surface area contributed by atoms with E-state index in [4.69, 9.17) is 28.4 Å². The van der Waals surface area contributed by atoms with Gasteiger partial charge in [0.25, 0.3) is 0 Å². The number of hydrogen-bond acceptors (Lipinski definition) is 9. The molecule has 0 bridgehead atoms. The molecule has 0 saturated heterocycles. The summed E-state index contributed by atoms with van der Waals surface area (Å²) in [4.78, 5) is 29.5. The van der Waals surface area contributed by atoms with E-state index in [0.717, 1.165) is 22.3 Å². The molecule has 6 rings (SSSR count). The highest BCUT2D eigenvalue weighted by Gasteiger charge is 2.40. The van der Waals surface area contributed by atoms with Crippen LogP contribution in [0.3, 0.4) is 0 Å². The Morgan fingerprint density at radius 2 is 1.78 bits per heavy atom. The lowest BCUT2D eigenvalue weighted by Gasteiger charge is -2.27. The number of ether oxygens (including phenoxy) is 6. The van der Waals surface area contributed by atoms with Gasteiger partial charge in [-0.05, 0) is 65.1 Å². The quantitative estimate of drug-likeness (QED) is 0.395. The van der Waals surface area contributed by atoms with Gasteiger partial charge in [0.05, 0.1) is 25.4 Å². The first-order chi connectivity index (χ1) is 17.6. The highest BCUT2D eigenvalue weighted by Crippen LogP contribution is 2.50. The second kappa shape index (κ2) is 8.60. The fraction of sp³-hybridized carbons (Fsp3) is 0.222. The number of esters is 2. The Morgan fingerprint density at radius 3 is 2.47 bits per heavy atom. The van der Waals surface area contributed by atoms with Crippen LogP contribution in [0.1, 0.15) is 33.0 Å². The van der Waals surface area contributed by atoms with Crippen LogP contribution >= 0.6 is 0 Å². The van der Waals surface area contributed by atoms with Gasteiger partial charge in [-0.25, -0.2) is 9.59 Å². The average molecular weight is 487 g/mol. The van der Waals surface area contributed by atoms with Gasteiger partial charge in [0, 0.05) is 18.3 Å². The van der Waals surface area contributed by atoms with Gasteiger partial charge in [-0.3, -0.25) is 4.98 Å². The number of methoxy groups -OCH3 is 2. The molecule has 9 nitrogen and oxygen atoms in total. The smallest absolute Gasteiger partial charge is 0.345 e. The number of rotatable bonds is 5. The predicted octanol–water partition coefficient (Wildman–Crippen LogP) is 3.59. The minimum absolute atomic E-state index is 0.127. The van der Waals surface area contributed by atoms with Gasteiger partial charge in [-0.2, -0.15) is 0 Å². The summed E-state index contributed by atoms with van der Waals surface area (Å²) >= 11 is 0. The van der Waals surface area contributed by atoms with E-state index in [0.29, 0.717) is 23.5 Å². The van der Waals surface area contributed by atoms with Crippen molar-refractivity contribution in [2.45, 2.75) is 12.3 Å². The van der Waals surface area contributed by atoms with Crippen molar-refractivity contribution in [2.24, 2.45) is 0 Å². The van der Waals surface area contributed by atoms with Gasteiger partial charge < -0.3 is 28.4 Å². The maximum absolute atomic E-state index is 12.8. The molecule has 182 valence electrons. The van der Waals surface area contributed by atoms with Gasteiger partial charge in [0.2, 0.25) is 12.5 Å². The molecule has 3 aromatic rings. The van der Waals surface area contributed by atoms with E-state index in [1.165, 1.54) is 20.4 Å². The molecule has 9 heteroatoms. The SMILES string of the molecule is COc1cc([C@H]2C3=C(COC3=O)Cc3cc4c(cc32)OCO4)cc(OC)c1OC(=O)c1cccnc1. The van der Waals surface area contributed by atoms with Crippen LogP contribution in [0, 0.1) is 0 Å². The fourth-order valence-electron chi connectivity index (χ4n) is 4.88. The topological polar surface area (TPSA) is 102 Å². The summed E-state index contributed by atoms with van der Waals surface area (Å²) in [7, 11) is 2.95. The van der Waals surface area contributed by atoms with E-state index in [9.17, 15) is 9.59 Å². The van der Waals surface area contributed by atoms with Crippen molar-refractivity contribution in [1.29, 1.82) is 0 Å². The Hall–Kier alpha value is -4.53. The van der Waals surface area contributed by atoms with E-state index < -0.39 is 11.9 Å². The number of nitrogens with zero attached hydrogens (tertiary/aromatic N) is 1. The van der Waals surface area contributed by atoms with Crippen molar-refractivity contribution in [3.8, 4) is 28.7 Å². The first-order valence-electron chi connectivity index (χ1n) is 11.3. The molecule has 0 amide bonds. The lowest BCUT2D eigenvalue weighted by molar-refractivity contribution is -0.136. The van der Waals surface area contributed by atoms with Crippen molar-refractivity contribution in [3.63, 3.8) is 0 Å². The molecule has 1 atom stereocenters. The van der Waals surface area contributed by atoms with Crippen LogP contribution in [-0.2, 0) is 16.0 Å². The summed E-state index contributed by atoms with van der Waals surface area (Å²) in [5.41, 5.74) is 4.43. The highest BCUT2D eigenvalue weighted by molar-refractivity contribution is 5.96. The zero-order chi connectivity index (χ0) is 24.8. The van der Waals surface area contributed by atoms with Crippen LogP contribution in [0.15, 0.2) is 59.9 Å². The molecular formula is C27H21NO8. The van der Waals surface area contributed by atoms with Crippen molar-refractivity contribution in [2.75, 3.05) is 27.6 Å². The maximum Gasteiger partial charge on any atom is 0.345 e. The number of cyclic esters (lactones) is 1. The van der Waals surface area contributed by atoms with Crippen LogP contribution in [-0.4, -0.2) is 44.5 Å². The third-order valence-corrected chi connectivity index (χ3v) is 6.52. The number of fused-ring (bicyclic) bond motifs is 2. The Bertz CT molecular complexity index is 1400. The van der Waals surface area contributed by atoms with Crippen LogP contribution in [0.5, 0.6) is 28.7 Å². The minimum atomic E-state index is -0.604. The zero-order valence-electron chi connectivity index (χ0n) is 19.5. The van der Waals surface area contributed by atoms with Crippen molar-refractivity contribution in [1.82, 2.24) is 4.98 Å². The molecular weight excluding hydrogens is 466 g/mol. The van der Waals surface area contributed by atoms with E-state index >= 15 is 0 Å². The van der Waals surface area contributed by atoms with Crippen molar-refractivity contribution in [3.05, 3.63) is 82.2 Å². The highest BCUT2D eigenvalue weighted by atomic mass is 16.7. The number of benzene rings is 2. The number of pyridine rings is 1. The molecule has 2 aromatic carbocycles. The molecule has 3 heterocycles. The van der Waals surface area contributed by atoms with Gasteiger partial charge in [-0.1, -0.05) is 0 Å². The largest absolute Gasteiger partial charge is 0.493 e. The molecule has 1 aromatic heterocycles. The summed E-state index contributed by atoms with van der Waals surface area (Å²) in [6, 6.07) is 10.6. The first kappa shape index (κ1) is 22.0. The molecule has 0 unspecified atom stereocenters. The lowest BCUT2D eigenvalue weighted by Crippen LogP contribution is -2.18. The van der Waals surface area contributed by atoms with Crippen LogP contribution in [0.25, 0.3) is 0 Å². The normalized spacial score (nSPS) is 17.3. The van der Waals surface area contributed by atoms with Crippen LogP contribution in [0.4, 0.5) is 0 Å². The number of carbonyl (C=O) groups is 2. The predicted molar refractivity (Wildman–Crippen MR) is 125 cm³/mol. The molecule has 0 saturated carbocycles. The van der Waals surface area contributed by atoms with Crippen molar-refractivity contribution < 1.29 is 38.0 Å². The standard InChI is InChI=1S/C27H21NO8/c1-31-21-8-16(9-22(32-2)25(21)36-26(29)14-4-3-5-28-11-14)23-18-10-20-19(34-13-35-20)7-15(18)6-17-12-33-27(30)24(17)23/h3-5,7-11,23H,6,12-13H2,1-2H3/t23-/m1/s1. The third-order valence-electron chi connectivity index (χ3n) is 6.52. The average Bonchev–Trinajstić information content (AvgIpc) is 3.52. The summed E-state index contributed by atoms with van der Waals surface area (Å²) in [6.07, 6.45) is 3.56. The van der Waals surface area contributed by atoms with Gasteiger partial charge >= 0.3 is 11.9 Å². The van der Waals surface area contributed by atoms with E-state index in [2.05, 4.69) is 4.98 Å². The Morgan fingerprint density at radius 1 is 1.03 bits per heavy atom. The summed E-state index contributed by atoms with van der Waals surface area (Å²) in [5.74, 6) is 0.563. The van der Waals surface area contributed by atoms with E-state index in [1.54, 1.807) is 30.5 Å². The fourth-order valence-corrected chi connectivity index (χ4v) is 4.88. The van der Waals surface area contributed by atoms with Crippen LogP contribution in [0.2, 0.25) is 0 Å². The van der Waals surface area contributed by atoms with E-state index in [1.807, 2.05) is 12.1 Å². The van der Waals surface area contributed by atoms with Gasteiger partial charge in [0.15, 0.2) is 23.0 Å². The first-order valence-corrected chi connectivity index (χ1v) is 11.3. The molecule has 0 radical (unpaired) electrons. The van der Waals surface area contributed by atoms with Crippen molar-refractivity contribution >= 4 is 11.9 Å². The number of hydrogen-bond donors (Lipinski definition) is 0. The lowest BCUT2D eigenvalue weighted by atomic mass is 9.75. The molecule has 0 N–H and O–H groups in total. The van der Waals surface area contributed by atoms with Gasteiger partial charge in [0.1, 0.15) is 6.61 Å². The molecule has 3 aliphatic rings. The third kappa shape index (κ3) is 3.51. The monoisotopic (exact) mass is 487 g/mol. The molecule has 0 spiro atoms. The summed E-state index contributed by atoms with van der Waals surface area (Å²) in [5, 5.41) is 0. The van der Waals surface area contributed by atoms with Gasteiger partial charge in [-0.15, -0.1) is 0 Å².